The number of aryl methyl sites for hydroxylation is 1. The van der Waals surface area contributed by atoms with E-state index in [0.717, 1.165) is 5.75 Å². The van der Waals surface area contributed by atoms with Crippen LogP contribution in [0.1, 0.15) is 30.9 Å². The normalized spacial score (nSPS) is 11.2. The third kappa shape index (κ3) is 2.49. The second-order valence-electron chi connectivity index (χ2n) is 4.89. The molecule has 0 saturated heterocycles. The third-order valence-corrected chi connectivity index (χ3v) is 3.15. The Morgan fingerprint density at radius 3 is 2.61 bits per heavy atom. The Labute approximate surface area is 109 Å². The molecule has 0 radical (unpaired) electrons. The van der Waals surface area contributed by atoms with Crippen molar-refractivity contribution in [2.45, 2.75) is 26.7 Å². The summed E-state index contributed by atoms with van der Waals surface area (Å²) in [6, 6.07) is 10.6. The van der Waals surface area contributed by atoms with Crippen LogP contribution < -0.4 is 4.74 Å². The summed E-state index contributed by atoms with van der Waals surface area (Å²) in [7, 11) is 1.63. The minimum Gasteiger partial charge on any atom is -0.468 e. The predicted octanol–water partition coefficient (Wildman–Crippen LogP) is 4.25. The minimum atomic E-state index is 0.287. The van der Waals surface area contributed by atoms with E-state index in [0.29, 0.717) is 5.92 Å². The number of benzene rings is 2. The van der Waals surface area contributed by atoms with Gasteiger partial charge in [-0.3, -0.25) is 0 Å². The maximum absolute atomic E-state index is 5.57. The van der Waals surface area contributed by atoms with Gasteiger partial charge in [-0.05, 0) is 46.9 Å². The lowest BCUT2D eigenvalue weighted by Crippen LogP contribution is -2.00. The molecule has 2 aromatic rings. The topological polar surface area (TPSA) is 18.5 Å². The highest BCUT2D eigenvalue weighted by molar-refractivity contribution is 5.90. The van der Waals surface area contributed by atoms with Crippen molar-refractivity contribution < 1.29 is 9.47 Å². The van der Waals surface area contributed by atoms with Gasteiger partial charge < -0.3 is 9.47 Å². The molecule has 0 atom stereocenters. The summed E-state index contributed by atoms with van der Waals surface area (Å²) in [5.74, 6) is 1.35. The average Bonchev–Trinajstić information content (AvgIpc) is 2.35. The van der Waals surface area contributed by atoms with Crippen LogP contribution in [0.4, 0.5) is 0 Å². The number of ether oxygens (including phenoxy) is 2. The van der Waals surface area contributed by atoms with E-state index >= 15 is 0 Å². The first kappa shape index (κ1) is 12.9. The Balaban J connectivity index is 2.59. The fraction of sp³-hybridized carbons (Fsp3) is 0.375. The zero-order valence-corrected chi connectivity index (χ0v) is 11.5. The highest BCUT2D eigenvalue weighted by Crippen LogP contribution is 2.32. The Kier molecular flexibility index (Phi) is 3.87. The maximum atomic E-state index is 5.57. The van der Waals surface area contributed by atoms with E-state index in [-0.39, 0.29) is 6.79 Å². The molecule has 2 heteroatoms. The smallest absolute Gasteiger partial charge is 0.188 e. The van der Waals surface area contributed by atoms with E-state index in [1.165, 1.54) is 21.9 Å². The molecule has 2 nitrogen and oxygen atoms in total. The fourth-order valence-electron chi connectivity index (χ4n) is 2.29. The number of methoxy groups -OCH3 is 1. The van der Waals surface area contributed by atoms with Crippen LogP contribution in [-0.2, 0) is 4.74 Å². The molecular formula is C16H20O2. The largest absolute Gasteiger partial charge is 0.468 e. The molecule has 0 aliphatic heterocycles. The van der Waals surface area contributed by atoms with Gasteiger partial charge in [0.05, 0.1) is 0 Å². The van der Waals surface area contributed by atoms with Gasteiger partial charge in [0.15, 0.2) is 6.79 Å². The zero-order valence-electron chi connectivity index (χ0n) is 11.5. The molecule has 18 heavy (non-hydrogen) atoms. The van der Waals surface area contributed by atoms with Crippen LogP contribution in [0.3, 0.4) is 0 Å². The predicted molar refractivity (Wildman–Crippen MR) is 75.3 cm³/mol. The van der Waals surface area contributed by atoms with E-state index in [1.807, 2.05) is 0 Å². The molecule has 0 unspecified atom stereocenters. The average molecular weight is 244 g/mol. The first-order valence-corrected chi connectivity index (χ1v) is 6.28. The van der Waals surface area contributed by atoms with Gasteiger partial charge in [0.2, 0.25) is 0 Å². The van der Waals surface area contributed by atoms with Crippen molar-refractivity contribution in [3.05, 3.63) is 41.5 Å². The minimum absolute atomic E-state index is 0.287. The quantitative estimate of drug-likeness (QED) is 0.748. The van der Waals surface area contributed by atoms with Crippen LogP contribution in [0.5, 0.6) is 5.75 Å². The highest BCUT2D eigenvalue weighted by Gasteiger charge is 2.10. The molecule has 0 spiro atoms. The van der Waals surface area contributed by atoms with Gasteiger partial charge in [0, 0.05) is 7.11 Å². The van der Waals surface area contributed by atoms with Crippen LogP contribution in [0.25, 0.3) is 10.8 Å². The molecule has 0 heterocycles. The number of hydrogen-bond acceptors (Lipinski definition) is 2. The molecule has 0 fully saturated rings. The standard InChI is InChI=1S/C16H20O2/c1-11(2)15-9-14(18-10-17-4)8-13-7-5-6-12(3)16(13)15/h5-9,11H,10H2,1-4H3. The summed E-state index contributed by atoms with van der Waals surface area (Å²) in [5.41, 5.74) is 2.64. The summed E-state index contributed by atoms with van der Waals surface area (Å²) in [5, 5.41) is 2.57. The Hall–Kier alpha value is -1.54. The summed E-state index contributed by atoms with van der Waals surface area (Å²) in [4.78, 5) is 0. The molecule has 2 rings (SSSR count). The third-order valence-electron chi connectivity index (χ3n) is 3.15. The van der Waals surface area contributed by atoms with Gasteiger partial charge in [0.25, 0.3) is 0 Å². The van der Waals surface area contributed by atoms with Crippen molar-refractivity contribution in [3.8, 4) is 5.75 Å². The van der Waals surface area contributed by atoms with Crippen molar-refractivity contribution in [1.82, 2.24) is 0 Å². The SMILES string of the molecule is COCOc1cc(C(C)C)c2c(C)cccc2c1. The van der Waals surface area contributed by atoms with Crippen LogP contribution in [0.2, 0.25) is 0 Å². The lowest BCUT2D eigenvalue weighted by Gasteiger charge is -2.15. The van der Waals surface area contributed by atoms with E-state index in [1.54, 1.807) is 7.11 Å². The van der Waals surface area contributed by atoms with Gasteiger partial charge in [0.1, 0.15) is 5.75 Å². The number of fused-ring (bicyclic) bond motifs is 1. The van der Waals surface area contributed by atoms with Gasteiger partial charge in [-0.2, -0.15) is 0 Å². The van der Waals surface area contributed by atoms with Gasteiger partial charge in [-0.25, -0.2) is 0 Å². The Morgan fingerprint density at radius 2 is 1.94 bits per heavy atom. The summed E-state index contributed by atoms with van der Waals surface area (Å²) >= 11 is 0. The van der Waals surface area contributed by atoms with Crippen molar-refractivity contribution in [3.63, 3.8) is 0 Å². The fourth-order valence-corrected chi connectivity index (χ4v) is 2.29. The second-order valence-corrected chi connectivity index (χ2v) is 4.89. The van der Waals surface area contributed by atoms with Crippen molar-refractivity contribution in [2.24, 2.45) is 0 Å². The molecule has 0 N–H and O–H groups in total. The summed E-state index contributed by atoms with van der Waals surface area (Å²) < 4.78 is 10.5. The van der Waals surface area contributed by atoms with Gasteiger partial charge in [-0.15, -0.1) is 0 Å². The molecule has 2 aromatic carbocycles. The second kappa shape index (κ2) is 5.40. The molecule has 0 aliphatic rings. The van der Waals surface area contributed by atoms with Crippen molar-refractivity contribution >= 4 is 10.8 Å². The van der Waals surface area contributed by atoms with Crippen molar-refractivity contribution in [1.29, 1.82) is 0 Å². The van der Waals surface area contributed by atoms with Gasteiger partial charge in [-0.1, -0.05) is 32.0 Å². The van der Waals surface area contributed by atoms with Crippen LogP contribution in [0, 0.1) is 6.92 Å². The first-order valence-electron chi connectivity index (χ1n) is 6.28. The molecule has 0 aliphatic carbocycles. The summed E-state index contributed by atoms with van der Waals surface area (Å²) in [6.07, 6.45) is 0. The molecule has 96 valence electrons. The van der Waals surface area contributed by atoms with Crippen LogP contribution >= 0.6 is 0 Å². The van der Waals surface area contributed by atoms with Crippen LogP contribution in [-0.4, -0.2) is 13.9 Å². The van der Waals surface area contributed by atoms with E-state index in [9.17, 15) is 0 Å². The lowest BCUT2D eigenvalue weighted by molar-refractivity contribution is 0.0512. The highest BCUT2D eigenvalue weighted by atomic mass is 16.7. The molecule has 0 amide bonds. The van der Waals surface area contributed by atoms with Gasteiger partial charge >= 0.3 is 0 Å². The van der Waals surface area contributed by atoms with E-state index < -0.39 is 0 Å². The molecule has 0 bridgehead atoms. The monoisotopic (exact) mass is 244 g/mol. The number of rotatable bonds is 4. The zero-order chi connectivity index (χ0) is 13.1. The van der Waals surface area contributed by atoms with E-state index in [2.05, 4.69) is 51.1 Å². The molecule has 0 aromatic heterocycles. The maximum Gasteiger partial charge on any atom is 0.188 e. The number of hydrogen-bond donors (Lipinski definition) is 0. The first-order chi connectivity index (χ1) is 8.63. The van der Waals surface area contributed by atoms with Crippen LogP contribution in [0.15, 0.2) is 30.3 Å². The van der Waals surface area contributed by atoms with E-state index in [4.69, 9.17) is 9.47 Å². The Morgan fingerprint density at radius 1 is 1.17 bits per heavy atom. The molecular weight excluding hydrogens is 224 g/mol. The van der Waals surface area contributed by atoms with Crippen molar-refractivity contribution in [2.75, 3.05) is 13.9 Å². The lowest BCUT2D eigenvalue weighted by atomic mass is 9.93. The Bertz CT molecular complexity index is 544. The molecule has 0 saturated carbocycles. The summed E-state index contributed by atoms with van der Waals surface area (Å²) in [6.45, 7) is 6.86.